The number of dihydropyridines is 1. The van der Waals surface area contributed by atoms with E-state index >= 15 is 0 Å². The Balaban J connectivity index is 0.000000242. The smallest absolute Gasteiger partial charge is 0.328 e. The van der Waals surface area contributed by atoms with E-state index in [9.17, 15) is 9.59 Å². The topological polar surface area (TPSA) is 98.7 Å². The fraction of sp³-hybridized carbons (Fsp3) is 0.364. The minimum atomic E-state index is -1.26. The van der Waals surface area contributed by atoms with Gasteiger partial charge in [0.05, 0.1) is 6.04 Å². The highest BCUT2D eigenvalue weighted by molar-refractivity contribution is 5.89. The Morgan fingerprint density at radius 1 is 1.29 bits per heavy atom. The van der Waals surface area contributed by atoms with Gasteiger partial charge in [-0.15, -0.1) is 6.58 Å². The molecule has 4 N–H and O–H groups in total. The summed E-state index contributed by atoms with van der Waals surface area (Å²) in [5.74, 6) is -1.82. The van der Waals surface area contributed by atoms with Crippen molar-refractivity contribution < 1.29 is 19.8 Å². The zero-order chi connectivity index (χ0) is 20.3. The molecule has 4 rings (SSSR count). The lowest BCUT2D eigenvalue weighted by atomic mass is 9.72. The number of hydrogen-bond acceptors (Lipinski definition) is 4. The van der Waals surface area contributed by atoms with Crippen molar-refractivity contribution in [2.75, 3.05) is 6.54 Å². The SMILES string of the molecule is C=CCC1NC(C)=CC2=C1CC1CNC3=CCCC2=C31.O=C(O)/C=C\C(=O)O. The monoisotopic (exact) mass is 382 g/mol. The van der Waals surface area contributed by atoms with E-state index in [1.165, 1.54) is 36.2 Å². The third-order valence-corrected chi connectivity index (χ3v) is 5.40. The second-order valence-electron chi connectivity index (χ2n) is 7.33. The first-order valence-electron chi connectivity index (χ1n) is 9.51. The van der Waals surface area contributed by atoms with Crippen LogP contribution in [0.25, 0.3) is 0 Å². The third kappa shape index (κ3) is 4.11. The van der Waals surface area contributed by atoms with Gasteiger partial charge in [-0.1, -0.05) is 12.2 Å². The van der Waals surface area contributed by atoms with Gasteiger partial charge >= 0.3 is 11.9 Å². The van der Waals surface area contributed by atoms with Crippen molar-refractivity contribution in [3.05, 3.63) is 70.6 Å². The standard InChI is InChI=1S/C18H22N2.C4H4O4/c1-3-5-16-15-9-12-10-19-17-7-4-6-13(18(12)17)14(15)8-11(2)20-16;5-3(6)1-2-4(7)8/h3,7-8,12,16,19-20H,1,4-6,9-10H2,2H3;1-2H,(H,5,6)(H,7,8)/b;2-1-. The molecule has 148 valence electrons. The normalized spacial score (nSPS) is 24.8. The summed E-state index contributed by atoms with van der Waals surface area (Å²) in [6.45, 7) is 7.23. The molecule has 6 nitrogen and oxygen atoms in total. The van der Waals surface area contributed by atoms with Gasteiger partial charge in [-0.25, -0.2) is 9.59 Å². The molecule has 2 aliphatic heterocycles. The lowest BCUT2D eigenvalue weighted by Gasteiger charge is -2.36. The molecule has 1 saturated heterocycles. The van der Waals surface area contributed by atoms with E-state index in [-0.39, 0.29) is 0 Å². The Kier molecular flexibility index (Phi) is 5.87. The van der Waals surface area contributed by atoms with Crippen molar-refractivity contribution in [2.45, 2.75) is 38.6 Å². The number of aliphatic carboxylic acids is 2. The second kappa shape index (κ2) is 8.33. The molecule has 0 radical (unpaired) electrons. The maximum absolute atomic E-state index is 9.55. The van der Waals surface area contributed by atoms with Crippen molar-refractivity contribution in [2.24, 2.45) is 5.92 Å². The summed E-state index contributed by atoms with van der Waals surface area (Å²) in [7, 11) is 0. The highest BCUT2D eigenvalue weighted by Crippen LogP contribution is 2.47. The molecule has 2 atom stereocenters. The fourth-order valence-electron chi connectivity index (χ4n) is 4.40. The molecule has 0 saturated carbocycles. The Morgan fingerprint density at radius 2 is 2.00 bits per heavy atom. The van der Waals surface area contributed by atoms with E-state index in [0.29, 0.717) is 24.1 Å². The minimum absolute atomic E-state index is 0.455. The number of fused-ring (bicyclic) bond motifs is 1. The molecule has 0 amide bonds. The molecule has 2 aliphatic carbocycles. The number of allylic oxidation sites excluding steroid dienone is 6. The van der Waals surface area contributed by atoms with E-state index in [0.717, 1.165) is 13.0 Å². The molecule has 0 bridgehead atoms. The largest absolute Gasteiger partial charge is 0.478 e. The van der Waals surface area contributed by atoms with Crippen LogP contribution in [-0.4, -0.2) is 34.7 Å². The van der Waals surface area contributed by atoms with Crippen LogP contribution in [0, 0.1) is 5.92 Å². The lowest BCUT2D eigenvalue weighted by Crippen LogP contribution is -2.36. The van der Waals surface area contributed by atoms with Crippen LogP contribution in [0.5, 0.6) is 0 Å². The van der Waals surface area contributed by atoms with Gasteiger partial charge in [-0.05, 0) is 61.0 Å². The van der Waals surface area contributed by atoms with Crippen molar-refractivity contribution in [1.82, 2.24) is 10.6 Å². The van der Waals surface area contributed by atoms with Gasteiger partial charge in [0, 0.05) is 36.0 Å². The van der Waals surface area contributed by atoms with E-state index in [2.05, 4.69) is 36.3 Å². The van der Waals surface area contributed by atoms with Gasteiger partial charge in [0.2, 0.25) is 0 Å². The zero-order valence-electron chi connectivity index (χ0n) is 16.0. The molecule has 0 spiro atoms. The first-order chi connectivity index (χ1) is 13.4. The van der Waals surface area contributed by atoms with E-state index in [1.54, 1.807) is 16.7 Å². The van der Waals surface area contributed by atoms with Crippen LogP contribution in [-0.2, 0) is 9.59 Å². The van der Waals surface area contributed by atoms with Crippen molar-refractivity contribution >= 4 is 11.9 Å². The maximum atomic E-state index is 9.55. The van der Waals surface area contributed by atoms with Crippen LogP contribution >= 0.6 is 0 Å². The first-order valence-corrected chi connectivity index (χ1v) is 9.51. The molecule has 0 aromatic rings. The Bertz CT molecular complexity index is 842. The van der Waals surface area contributed by atoms with E-state index in [1.807, 2.05) is 6.08 Å². The predicted octanol–water partition coefficient (Wildman–Crippen LogP) is 3.04. The first kappa shape index (κ1) is 19.7. The van der Waals surface area contributed by atoms with Crippen LogP contribution in [0.3, 0.4) is 0 Å². The summed E-state index contributed by atoms with van der Waals surface area (Å²) < 4.78 is 0. The summed E-state index contributed by atoms with van der Waals surface area (Å²) >= 11 is 0. The molecule has 6 heteroatoms. The molecule has 0 aromatic heterocycles. The van der Waals surface area contributed by atoms with Crippen LogP contribution < -0.4 is 10.6 Å². The van der Waals surface area contributed by atoms with Gasteiger partial charge < -0.3 is 20.8 Å². The molecule has 4 aliphatic rings. The van der Waals surface area contributed by atoms with Gasteiger partial charge in [0.15, 0.2) is 0 Å². The van der Waals surface area contributed by atoms with E-state index in [4.69, 9.17) is 10.2 Å². The third-order valence-electron chi connectivity index (χ3n) is 5.40. The highest BCUT2D eigenvalue weighted by atomic mass is 16.4. The number of hydrogen-bond donors (Lipinski definition) is 4. The van der Waals surface area contributed by atoms with Crippen LogP contribution in [0.1, 0.15) is 32.6 Å². The Morgan fingerprint density at radius 3 is 2.64 bits per heavy atom. The minimum Gasteiger partial charge on any atom is -0.478 e. The summed E-state index contributed by atoms with van der Waals surface area (Å²) in [4.78, 5) is 19.1. The summed E-state index contributed by atoms with van der Waals surface area (Å²) in [5, 5.41) is 22.9. The predicted molar refractivity (Wildman–Crippen MR) is 107 cm³/mol. The van der Waals surface area contributed by atoms with Crippen molar-refractivity contribution in [3.8, 4) is 0 Å². The molecule has 2 heterocycles. The maximum Gasteiger partial charge on any atom is 0.328 e. The fourth-order valence-corrected chi connectivity index (χ4v) is 4.40. The van der Waals surface area contributed by atoms with Crippen molar-refractivity contribution in [3.63, 3.8) is 0 Å². The molecular formula is C22H26N2O4. The highest BCUT2D eigenvalue weighted by Gasteiger charge is 2.38. The number of carboxylic acid groups (broad SMARTS) is 2. The second-order valence-corrected chi connectivity index (χ2v) is 7.33. The lowest BCUT2D eigenvalue weighted by molar-refractivity contribution is -0.134. The van der Waals surface area contributed by atoms with Crippen molar-refractivity contribution in [1.29, 1.82) is 0 Å². The summed E-state index contributed by atoms with van der Waals surface area (Å²) in [6, 6.07) is 0.455. The van der Waals surface area contributed by atoms with Crippen LogP contribution in [0.4, 0.5) is 0 Å². The van der Waals surface area contributed by atoms with Crippen LogP contribution in [0.2, 0.25) is 0 Å². The summed E-state index contributed by atoms with van der Waals surface area (Å²) in [6.07, 6.45) is 12.5. The molecule has 1 fully saturated rings. The average molecular weight is 382 g/mol. The molecule has 28 heavy (non-hydrogen) atoms. The number of nitrogens with one attached hydrogen (secondary N) is 2. The molecular weight excluding hydrogens is 356 g/mol. The van der Waals surface area contributed by atoms with Crippen LogP contribution in [0.15, 0.2) is 70.6 Å². The Hall–Kier alpha value is -3.02. The zero-order valence-corrected chi connectivity index (χ0v) is 16.0. The van der Waals surface area contributed by atoms with Gasteiger partial charge in [0.1, 0.15) is 0 Å². The summed E-state index contributed by atoms with van der Waals surface area (Å²) in [5.41, 5.74) is 9.11. The van der Waals surface area contributed by atoms with Gasteiger partial charge in [-0.2, -0.15) is 0 Å². The quantitative estimate of drug-likeness (QED) is 0.441. The number of carboxylic acids is 2. The van der Waals surface area contributed by atoms with Gasteiger partial charge in [-0.3, -0.25) is 0 Å². The van der Waals surface area contributed by atoms with E-state index < -0.39 is 11.9 Å². The van der Waals surface area contributed by atoms with Gasteiger partial charge in [0.25, 0.3) is 0 Å². The number of carbonyl (C=O) groups is 2. The molecule has 2 unspecified atom stereocenters. The Labute approximate surface area is 164 Å². The average Bonchev–Trinajstić information content (AvgIpc) is 3.06. The molecule has 0 aromatic carbocycles. The number of rotatable bonds is 4.